The van der Waals surface area contributed by atoms with Crippen LogP contribution in [0.15, 0.2) is 60.7 Å². The van der Waals surface area contributed by atoms with Crippen LogP contribution in [0.4, 0.5) is 0 Å². The SMILES string of the molecule is COc1ccc(/C(=C/C(=O)N2CCN(C(=O)c3cc(OC)c(OC)c(OC)c3)CC2)c2ccc(C)cc2)cc1OC. The molecule has 41 heavy (non-hydrogen) atoms. The molecule has 1 aliphatic heterocycles. The van der Waals surface area contributed by atoms with Crippen LogP contribution in [0.2, 0.25) is 0 Å². The van der Waals surface area contributed by atoms with E-state index in [9.17, 15) is 9.59 Å². The monoisotopic (exact) mass is 560 g/mol. The number of nitrogens with zero attached hydrogens (tertiary/aromatic N) is 2. The Morgan fingerprint density at radius 1 is 0.610 bits per heavy atom. The minimum Gasteiger partial charge on any atom is -0.493 e. The van der Waals surface area contributed by atoms with Crippen LogP contribution in [0.5, 0.6) is 28.7 Å². The maximum absolute atomic E-state index is 13.5. The Kier molecular flexibility index (Phi) is 9.39. The minimum absolute atomic E-state index is 0.129. The molecule has 0 aliphatic carbocycles. The number of hydrogen-bond donors (Lipinski definition) is 0. The summed E-state index contributed by atoms with van der Waals surface area (Å²) in [5.41, 5.74) is 4.06. The molecule has 1 aliphatic rings. The zero-order valence-corrected chi connectivity index (χ0v) is 24.4. The lowest BCUT2D eigenvalue weighted by Crippen LogP contribution is -2.50. The molecule has 4 rings (SSSR count). The molecule has 3 aromatic rings. The lowest BCUT2D eigenvalue weighted by Gasteiger charge is -2.34. The summed E-state index contributed by atoms with van der Waals surface area (Å²) in [5, 5.41) is 0. The molecule has 0 saturated carbocycles. The highest BCUT2D eigenvalue weighted by Crippen LogP contribution is 2.38. The standard InChI is InChI=1S/C32H36N2O7/c1-21-7-9-22(10-8-21)25(23-11-12-26(37-2)27(17-23)38-3)20-30(35)33-13-15-34(16-14-33)32(36)24-18-28(39-4)31(41-6)29(19-24)40-5/h7-12,17-20H,13-16H2,1-6H3/b25-20+. The van der Waals surface area contributed by atoms with Crippen molar-refractivity contribution in [2.75, 3.05) is 61.7 Å². The first kappa shape index (κ1) is 29.3. The Hall–Kier alpha value is -4.66. The van der Waals surface area contributed by atoms with Crippen LogP contribution in [-0.4, -0.2) is 83.3 Å². The number of ether oxygens (including phenoxy) is 5. The molecule has 216 valence electrons. The maximum atomic E-state index is 13.5. The van der Waals surface area contributed by atoms with E-state index in [1.807, 2.05) is 49.4 Å². The van der Waals surface area contributed by atoms with E-state index in [-0.39, 0.29) is 11.8 Å². The molecule has 0 aromatic heterocycles. The van der Waals surface area contributed by atoms with Crippen molar-refractivity contribution in [3.05, 3.63) is 82.9 Å². The summed E-state index contributed by atoms with van der Waals surface area (Å²) < 4.78 is 27.1. The second-order valence-corrected chi connectivity index (χ2v) is 9.53. The third-order valence-electron chi connectivity index (χ3n) is 7.12. The molecule has 0 bridgehead atoms. The average Bonchev–Trinajstić information content (AvgIpc) is 3.02. The molecule has 2 amide bonds. The largest absolute Gasteiger partial charge is 0.493 e. The predicted octanol–water partition coefficient (Wildman–Crippen LogP) is 4.45. The number of carbonyl (C=O) groups excluding carboxylic acids is 2. The van der Waals surface area contributed by atoms with E-state index in [1.54, 1.807) is 42.2 Å². The quantitative estimate of drug-likeness (QED) is 0.357. The summed E-state index contributed by atoms with van der Waals surface area (Å²) >= 11 is 0. The molecule has 9 nitrogen and oxygen atoms in total. The number of amides is 2. The molecule has 0 atom stereocenters. The zero-order chi connectivity index (χ0) is 29.5. The molecule has 0 unspecified atom stereocenters. The van der Waals surface area contributed by atoms with Gasteiger partial charge in [-0.25, -0.2) is 0 Å². The van der Waals surface area contributed by atoms with Crippen molar-refractivity contribution in [1.29, 1.82) is 0 Å². The van der Waals surface area contributed by atoms with E-state index in [0.29, 0.717) is 60.5 Å². The van der Waals surface area contributed by atoms with E-state index in [0.717, 1.165) is 22.3 Å². The lowest BCUT2D eigenvalue weighted by molar-refractivity contribution is -0.127. The van der Waals surface area contributed by atoms with Gasteiger partial charge in [-0.3, -0.25) is 9.59 Å². The van der Waals surface area contributed by atoms with E-state index in [1.165, 1.54) is 21.3 Å². The molecule has 1 fully saturated rings. The van der Waals surface area contributed by atoms with E-state index >= 15 is 0 Å². The van der Waals surface area contributed by atoms with Gasteiger partial charge in [0, 0.05) is 37.8 Å². The number of methoxy groups -OCH3 is 5. The zero-order valence-electron chi connectivity index (χ0n) is 24.4. The van der Waals surface area contributed by atoms with Crippen LogP contribution in [-0.2, 0) is 4.79 Å². The minimum atomic E-state index is -0.169. The second kappa shape index (κ2) is 13.1. The van der Waals surface area contributed by atoms with Crippen molar-refractivity contribution in [3.8, 4) is 28.7 Å². The topological polar surface area (TPSA) is 86.8 Å². The highest BCUT2D eigenvalue weighted by Gasteiger charge is 2.26. The molecule has 1 saturated heterocycles. The Labute approximate surface area is 240 Å². The van der Waals surface area contributed by atoms with Gasteiger partial charge in [-0.05, 0) is 47.9 Å². The Balaban J connectivity index is 1.55. The van der Waals surface area contributed by atoms with Crippen LogP contribution in [0.3, 0.4) is 0 Å². The number of aryl methyl sites for hydroxylation is 1. The first-order valence-corrected chi connectivity index (χ1v) is 13.2. The Morgan fingerprint density at radius 3 is 1.66 bits per heavy atom. The normalized spacial score (nSPS) is 13.5. The van der Waals surface area contributed by atoms with Gasteiger partial charge in [0.15, 0.2) is 23.0 Å². The van der Waals surface area contributed by atoms with Gasteiger partial charge in [0.2, 0.25) is 11.7 Å². The molecule has 0 radical (unpaired) electrons. The highest BCUT2D eigenvalue weighted by molar-refractivity contribution is 6.00. The second-order valence-electron chi connectivity index (χ2n) is 9.53. The third-order valence-corrected chi connectivity index (χ3v) is 7.12. The van der Waals surface area contributed by atoms with Crippen molar-refractivity contribution in [3.63, 3.8) is 0 Å². The number of carbonyl (C=O) groups is 2. The smallest absolute Gasteiger partial charge is 0.254 e. The van der Waals surface area contributed by atoms with E-state index < -0.39 is 0 Å². The van der Waals surface area contributed by atoms with Gasteiger partial charge in [0.25, 0.3) is 5.91 Å². The van der Waals surface area contributed by atoms with Gasteiger partial charge in [0.1, 0.15) is 0 Å². The summed E-state index contributed by atoms with van der Waals surface area (Å²) in [6.45, 7) is 3.61. The molecule has 0 N–H and O–H groups in total. The molecular weight excluding hydrogens is 524 g/mol. The Morgan fingerprint density at radius 2 is 1.12 bits per heavy atom. The fourth-order valence-corrected chi connectivity index (χ4v) is 4.80. The first-order chi connectivity index (χ1) is 19.8. The van der Waals surface area contributed by atoms with Crippen molar-refractivity contribution in [2.45, 2.75) is 6.92 Å². The van der Waals surface area contributed by atoms with Gasteiger partial charge in [-0.2, -0.15) is 0 Å². The van der Waals surface area contributed by atoms with Gasteiger partial charge in [0.05, 0.1) is 35.5 Å². The summed E-state index contributed by atoms with van der Waals surface area (Å²) in [4.78, 5) is 30.3. The van der Waals surface area contributed by atoms with Crippen molar-refractivity contribution in [2.24, 2.45) is 0 Å². The third kappa shape index (κ3) is 6.40. The van der Waals surface area contributed by atoms with Gasteiger partial charge >= 0.3 is 0 Å². The van der Waals surface area contributed by atoms with E-state index in [4.69, 9.17) is 23.7 Å². The number of benzene rings is 3. The van der Waals surface area contributed by atoms with Crippen LogP contribution >= 0.6 is 0 Å². The lowest BCUT2D eigenvalue weighted by atomic mass is 9.96. The van der Waals surface area contributed by atoms with Crippen molar-refractivity contribution in [1.82, 2.24) is 9.80 Å². The molecule has 3 aromatic carbocycles. The van der Waals surface area contributed by atoms with Crippen LogP contribution in [0.1, 0.15) is 27.0 Å². The van der Waals surface area contributed by atoms with Gasteiger partial charge in [-0.15, -0.1) is 0 Å². The number of piperazine rings is 1. The molecule has 0 spiro atoms. The summed E-state index contributed by atoms with van der Waals surface area (Å²) in [7, 11) is 7.71. The van der Waals surface area contributed by atoms with Gasteiger partial charge in [-0.1, -0.05) is 35.9 Å². The van der Waals surface area contributed by atoms with E-state index in [2.05, 4.69) is 0 Å². The molecule has 1 heterocycles. The molecule has 9 heteroatoms. The van der Waals surface area contributed by atoms with Crippen LogP contribution < -0.4 is 23.7 Å². The van der Waals surface area contributed by atoms with Crippen LogP contribution in [0, 0.1) is 6.92 Å². The van der Waals surface area contributed by atoms with Crippen LogP contribution in [0.25, 0.3) is 5.57 Å². The maximum Gasteiger partial charge on any atom is 0.254 e. The number of rotatable bonds is 9. The number of hydrogen-bond acceptors (Lipinski definition) is 7. The fraction of sp³-hybridized carbons (Fsp3) is 0.312. The van der Waals surface area contributed by atoms with Crippen molar-refractivity contribution >= 4 is 17.4 Å². The predicted molar refractivity (Wildman–Crippen MR) is 156 cm³/mol. The Bertz CT molecular complexity index is 1400. The first-order valence-electron chi connectivity index (χ1n) is 13.2. The van der Waals surface area contributed by atoms with Crippen molar-refractivity contribution < 1.29 is 33.3 Å². The summed E-state index contributed by atoms with van der Waals surface area (Å²) in [6, 6.07) is 16.9. The highest BCUT2D eigenvalue weighted by atomic mass is 16.5. The van der Waals surface area contributed by atoms with Gasteiger partial charge < -0.3 is 33.5 Å². The summed E-state index contributed by atoms with van der Waals surface area (Å²) in [6.07, 6.45) is 1.66. The fourth-order valence-electron chi connectivity index (χ4n) is 4.80. The molecular formula is C32H36N2O7. The average molecular weight is 561 g/mol. The summed E-state index contributed by atoms with van der Waals surface area (Å²) in [5.74, 6) is 2.13.